The molecule has 0 aliphatic carbocycles. The lowest BCUT2D eigenvalue weighted by molar-refractivity contribution is 0.0526. The molecule has 0 amide bonds. The van der Waals surface area contributed by atoms with Crippen LogP contribution in [0.3, 0.4) is 0 Å². The van der Waals surface area contributed by atoms with E-state index in [9.17, 15) is 13.9 Å². The molecule has 1 aromatic heterocycles. The van der Waals surface area contributed by atoms with E-state index in [0.717, 1.165) is 35.7 Å². The second kappa shape index (κ2) is 6.66. The summed E-state index contributed by atoms with van der Waals surface area (Å²) < 4.78 is 27.7. The topological polar surface area (TPSA) is 85.8 Å². The van der Waals surface area contributed by atoms with Crippen molar-refractivity contribution >= 4 is 33.3 Å². The van der Waals surface area contributed by atoms with Gasteiger partial charge >= 0.3 is 5.97 Å². The van der Waals surface area contributed by atoms with Gasteiger partial charge in [-0.2, -0.15) is 0 Å². The normalized spacial score (nSPS) is 18.6. The molecule has 132 valence electrons. The number of ether oxygens (including phenoxy) is 1. The van der Waals surface area contributed by atoms with Gasteiger partial charge in [0.2, 0.25) is 0 Å². The van der Waals surface area contributed by atoms with Crippen molar-refractivity contribution in [2.75, 3.05) is 23.2 Å². The van der Waals surface area contributed by atoms with E-state index in [1.54, 1.807) is 17.3 Å². The van der Waals surface area contributed by atoms with Crippen molar-refractivity contribution in [2.45, 2.75) is 33.1 Å². The molecule has 0 bridgehead atoms. The number of nitrogens with zero attached hydrogens (tertiary/aromatic N) is 1. The van der Waals surface area contributed by atoms with Crippen LogP contribution < -0.4 is 4.31 Å². The fraction of sp³-hybridized carbons (Fsp3) is 0.471. The van der Waals surface area contributed by atoms with E-state index < -0.39 is 16.7 Å². The van der Waals surface area contributed by atoms with E-state index in [1.165, 1.54) is 0 Å². The van der Waals surface area contributed by atoms with Gasteiger partial charge in [0, 0.05) is 18.1 Å². The summed E-state index contributed by atoms with van der Waals surface area (Å²) in [6.07, 6.45) is 4.42. The minimum absolute atomic E-state index is 0.304. The van der Waals surface area contributed by atoms with Crippen LogP contribution in [0.4, 0.5) is 5.69 Å². The number of carbonyl (C=O) groups is 1. The monoisotopic (exact) mass is 352 g/mol. The zero-order valence-corrected chi connectivity index (χ0v) is 14.9. The van der Waals surface area contributed by atoms with E-state index in [2.05, 4.69) is 4.98 Å². The third-order valence-corrected chi connectivity index (χ3v) is 6.32. The zero-order valence-electron chi connectivity index (χ0n) is 14.0. The summed E-state index contributed by atoms with van der Waals surface area (Å²) in [4.78, 5) is 15.5. The third kappa shape index (κ3) is 2.99. The molecule has 2 heterocycles. The maximum absolute atomic E-state index is 12.2. The number of hydrogen-bond donors (Lipinski definition) is 3. The van der Waals surface area contributed by atoms with Gasteiger partial charge in [0.15, 0.2) is 0 Å². The highest BCUT2D eigenvalue weighted by molar-refractivity contribution is 8.25. The van der Waals surface area contributed by atoms with E-state index in [-0.39, 0.29) is 0 Å². The van der Waals surface area contributed by atoms with Gasteiger partial charge in [-0.15, -0.1) is 10.8 Å². The van der Waals surface area contributed by atoms with Crippen LogP contribution >= 0.6 is 10.8 Å². The largest absolute Gasteiger partial charge is 0.462 e. The van der Waals surface area contributed by atoms with Crippen molar-refractivity contribution in [1.29, 1.82) is 0 Å². The number of rotatable bonds is 4. The van der Waals surface area contributed by atoms with Gasteiger partial charge in [0.25, 0.3) is 0 Å². The Morgan fingerprint density at radius 3 is 2.79 bits per heavy atom. The van der Waals surface area contributed by atoms with Crippen LogP contribution in [0.15, 0.2) is 18.3 Å². The molecule has 0 unspecified atom stereocenters. The van der Waals surface area contributed by atoms with Crippen LogP contribution in [0, 0.1) is 0 Å². The molecular weight excluding hydrogens is 328 g/mol. The summed E-state index contributed by atoms with van der Waals surface area (Å²) in [6.45, 7) is 4.68. The maximum Gasteiger partial charge on any atom is 0.338 e. The lowest BCUT2D eigenvalue weighted by Crippen LogP contribution is -2.34. The molecule has 1 saturated heterocycles. The SMILES string of the molecule is CCOC(=O)c1cc(N2CCCCS2(O)O)c2[nH]cc(CC)c2c1. The Morgan fingerprint density at radius 1 is 1.33 bits per heavy atom. The second-order valence-corrected chi connectivity index (χ2v) is 8.06. The smallest absolute Gasteiger partial charge is 0.338 e. The number of aromatic amines is 1. The molecule has 0 saturated carbocycles. The Morgan fingerprint density at radius 2 is 2.12 bits per heavy atom. The van der Waals surface area contributed by atoms with Crippen molar-refractivity contribution < 1.29 is 18.6 Å². The number of anilines is 1. The number of aryl methyl sites for hydroxylation is 1. The van der Waals surface area contributed by atoms with E-state index in [0.29, 0.717) is 30.2 Å². The molecule has 0 spiro atoms. The lowest BCUT2D eigenvalue weighted by atomic mass is 10.1. The summed E-state index contributed by atoms with van der Waals surface area (Å²) in [7, 11) is -2.86. The summed E-state index contributed by atoms with van der Waals surface area (Å²) in [6, 6.07) is 3.53. The highest BCUT2D eigenvalue weighted by Crippen LogP contribution is 2.51. The number of H-pyrrole nitrogens is 1. The van der Waals surface area contributed by atoms with Crippen molar-refractivity contribution in [2.24, 2.45) is 0 Å². The number of fused-ring (bicyclic) bond motifs is 1. The molecule has 0 atom stereocenters. The van der Waals surface area contributed by atoms with Crippen molar-refractivity contribution in [3.05, 3.63) is 29.5 Å². The first-order valence-electron chi connectivity index (χ1n) is 8.32. The van der Waals surface area contributed by atoms with Gasteiger partial charge in [-0.1, -0.05) is 6.92 Å². The number of carbonyl (C=O) groups excluding carboxylic acids is 1. The average molecular weight is 352 g/mol. The van der Waals surface area contributed by atoms with Crippen LogP contribution in [0.2, 0.25) is 0 Å². The van der Waals surface area contributed by atoms with Gasteiger partial charge in [-0.3, -0.25) is 13.4 Å². The number of nitrogens with one attached hydrogen (secondary N) is 1. The minimum atomic E-state index is -2.86. The molecule has 1 aliphatic rings. The first-order valence-corrected chi connectivity index (χ1v) is 10.00. The fourth-order valence-electron chi connectivity index (χ4n) is 3.18. The number of esters is 1. The molecular formula is C17H24N2O4S. The van der Waals surface area contributed by atoms with Crippen LogP contribution in [0.1, 0.15) is 42.6 Å². The molecule has 1 aliphatic heterocycles. The van der Waals surface area contributed by atoms with Crippen molar-refractivity contribution in [3.63, 3.8) is 0 Å². The standard InChI is InChI=1S/C17H24N2O4S/c1-3-12-11-18-16-14(12)9-13(17(20)23-4-2)10-15(16)19-7-5-6-8-24(19,21)22/h9-11,18,21-22H,3-8H2,1-2H3. The van der Waals surface area contributed by atoms with Crippen LogP contribution in [0.5, 0.6) is 0 Å². The Balaban J connectivity index is 2.17. The fourth-order valence-corrected chi connectivity index (χ4v) is 4.87. The number of benzene rings is 1. The predicted molar refractivity (Wildman–Crippen MR) is 97.9 cm³/mol. The van der Waals surface area contributed by atoms with Gasteiger partial charge < -0.3 is 9.72 Å². The van der Waals surface area contributed by atoms with Gasteiger partial charge in [0.05, 0.1) is 29.1 Å². The molecule has 6 nitrogen and oxygen atoms in total. The summed E-state index contributed by atoms with van der Waals surface area (Å²) in [5.74, 6) is -0.0307. The molecule has 7 heteroatoms. The van der Waals surface area contributed by atoms with E-state index in [4.69, 9.17) is 4.74 Å². The Bertz CT molecular complexity index is 756. The van der Waals surface area contributed by atoms with E-state index in [1.807, 2.05) is 19.2 Å². The van der Waals surface area contributed by atoms with Crippen molar-refractivity contribution in [3.8, 4) is 0 Å². The lowest BCUT2D eigenvalue weighted by Gasteiger charge is -2.47. The molecule has 3 rings (SSSR count). The number of hydrogen-bond acceptors (Lipinski definition) is 5. The molecule has 24 heavy (non-hydrogen) atoms. The summed E-state index contributed by atoms with van der Waals surface area (Å²) in [5.41, 5.74) is 3.03. The van der Waals surface area contributed by atoms with Gasteiger partial charge in [-0.05, 0) is 43.9 Å². The van der Waals surface area contributed by atoms with Crippen molar-refractivity contribution in [1.82, 2.24) is 4.98 Å². The van der Waals surface area contributed by atoms with Crippen LogP contribution in [-0.4, -0.2) is 39.0 Å². The van der Waals surface area contributed by atoms with E-state index >= 15 is 0 Å². The molecule has 2 aromatic rings. The average Bonchev–Trinajstić information content (AvgIpc) is 2.97. The first-order chi connectivity index (χ1) is 11.5. The highest BCUT2D eigenvalue weighted by Gasteiger charge is 2.29. The zero-order chi connectivity index (χ0) is 17.3. The Hall–Kier alpha value is -1.70. The third-order valence-electron chi connectivity index (χ3n) is 4.40. The molecule has 0 radical (unpaired) electrons. The summed E-state index contributed by atoms with van der Waals surface area (Å²) >= 11 is 0. The minimum Gasteiger partial charge on any atom is -0.462 e. The number of aromatic nitrogens is 1. The first kappa shape index (κ1) is 17.1. The Labute approximate surface area is 143 Å². The van der Waals surface area contributed by atoms with Crippen LogP contribution in [-0.2, 0) is 11.2 Å². The van der Waals surface area contributed by atoms with Gasteiger partial charge in [0.1, 0.15) is 0 Å². The predicted octanol–water partition coefficient (Wildman–Crippen LogP) is 4.17. The molecule has 3 N–H and O–H groups in total. The van der Waals surface area contributed by atoms with Gasteiger partial charge in [-0.25, -0.2) is 4.79 Å². The second-order valence-electron chi connectivity index (χ2n) is 5.95. The molecule has 1 aromatic carbocycles. The summed E-state index contributed by atoms with van der Waals surface area (Å²) in [5, 5.41) is 0.929. The Kier molecular flexibility index (Phi) is 4.76. The molecule has 1 fully saturated rings. The van der Waals surface area contributed by atoms with Crippen LogP contribution in [0.25, 0.3) is 10.9 Å². The quantitative estimate of drug-likeness (QED) is 0.719. The maximum atomic E-state index is 12.2. The highest BCUT2D eigenvalue weighted by atomic mass is 32.3.